The van der Waals surface area contributed by atoms with Crippen molar-refractivity contribution >= 4 is 11.9 Å². The molecule has 2 rings (SSSR count). The van der Waals surface area contributed by atoms with Gasteiger partial charge in [-0.2, -0.15) is 0 Å². The van der Waals surface area contributed by atoms with Gasteiger partial charge in [-0.25, -0.2) is 9.59 Å². The second-order valence-electron chi connectivity index (χ2n) is 3.26. The molecule has 2 N–H and O–H groups in total. The van der Waals surface area contributed by atoms with Gasteiger partial charge in [-0.15, -0.1) is 0 Å². The van der Waals surface area contributed by atoms with Gasteiger partial charge < -0.3 is 14.7 Å². The van der Waals surface area contributed by atoms with E-state index in [0.717, 1.165) is 0 Å². The van der Waals surface area contributed by atoms with E-state index in [2.05, 4.69) is 5.16 Å². The molecule has 86 valence electrons. The summed E-state index contributed by atoms with van der Waals surface area (Å²) in [7, 11) is 0. The zero-order valence-corrected chi connectivity index (χ0v) is 8.45. The predicted molar refractivity (Wildman–Crippen MR) is 55.9 cm³/mol. The molecule has 0 bridgehead atoms. The molecule has 6 heteroatoms. The van der Waals surface area contributed by atoms with Gasteiger partial charge in [-0.1, -0.05) is 17.3 Å². The Kier molecular flexibility index (Phi) is 2.61. The molecule has 0 fully saturated rings. The van der Waals surface area contributed by atoms with E-state index in [0.29, 0.717) is 5.56 Å². The third-order valence-electron chi connectivity index (χ3n) is 2.15. The molecule has 6 nitrogen and oxygen atoms in total. The average Bonchev–Trinajstić information content (AvgIpc) is 2.78. The number of aromatic nitrogens is 1. The maximum atomic E-state index is 10.6. The number of nitrogens with zero attached hydrogens (tertiary/aromatic N) is 1. The highest BCUT2D eigenvalue weighted by molar-refractivity contribution is 5.88. The van der Waals surface area contributed by atoms with Crippen molar-refractivity contribution < 1.29 is 24.3 Å². The van der Waals surface area contributed by atoms with E-state index >= 15 is 0 Å². The van der Waals surface area contributed by atoms with Crippen LogP contribution in [0.2, 0.25) is 0 Å². The lowest BCUT2D eigenvalue weighted by atomic mass is 10.1. The van der Waals surface area contributed by atoms with Gasteiger partial charge in [0.15, 0.2) is 11.5 Å². The highest BCUT2D eigenvalue weighted by Gasteiger charge is 2.12. The van der Waals surface area contributed by atoms with Gasteiger partial charge in [-0.3, -0.25) is 0 Å². The molecule has 1 aromatic carbocycles. The van der Waals surface area contributed by atoms with Gasteiger partial charge in [-0.05, 0) is 12.1 Å². The number of benzene rings is 1. The zero-order valence-electron chi connectivity index (χ0n) is 8.45. The first-order valence-electron chi connectivity index (χ1n) is 4.61. The molecule has 0 aliphatic rings. The van der Waals surface area contributed by atoms with Crippen molar-refractivity contribution in [3.05, 3.63) is 41.6 Å². The molecule has 0 atom stereocenters. The summed E-state index contributed by atoms with van der Waals surface area (Å²) in [5.74, 6) is -1.93. The summed E-state index contributed by atoms with van der Waals surface area (Å²) < 4.78 is 4.83. The van der Waals surface area contributed by atoms with Gasteiger partial charge in [0, 0.05) is 11.6 Å². The Labute approximate surface area is 95.1 Å². The molecule has 0 radical (unpaired) electrons. The number of aromatic carboxylic acids is 2. The Bertz CT molecular complexity index is 570. The van der Waals surface area contributed by atoms with Gasteiger partial charge in [0.05, 0.1) is 5.56 Å². The number of carbonyl (C=O) groups is 2. The van der Waals surface area contributed by atoms with Crippen LogP contribution in [0.3, 0.4) is 0 Å². The molecule has 1 aromatic heterocycles. The third-order valence-corrected chi connectivity index (χ3v) is 2.15. The van der Waals surface area contributed by atoms with Gasteiger partial charge >= 0.3 is 11.9 Å². The van der Waals surface area contributed by atoms with Crippen LogP contribution in [-0.2, 0) is 0 Å². The molecule has 0 saturated carbocycles. The lowest BCUT2D eigenvalue weighted by Gasteiger charge is -1.96. The van der Waals surface area contributed by atoms with Crippen molar-refractivity contribution in [1.82, 2.24) is 5.16 Å². The molecule has 1 heterocycles. The smallest absolute Gasteiger partial charge is 0.358 e. The summed E-state index contributed by atoms with van der Waals surface area (Å²) in [6.07, 6.45) is 0. The molecule has 0 spiro atoms. The van der Waals surface area contributed by atoms with E-state index in [1.807, 2.05) is 0 Å². The zero-order chi connectivity index (χ0) is 12.4. The second-order valence-corrected chi connectivity index (χ2v) is 3.26. The SMILES string of the molecule is O=C(O)c1ccc(-c2cc(C(=O)O)no2)cc1. The fourth-order valence-electron chi connectivity index (χ4n) is 1.29. The van der Waals surface area contributed by atoms with Crippen LogP contribution < -0.4 is 0 Å². The molecule has 0 saturated heterocycles. The maximum absolute atomic E-state index is 10.6. The highest BCUT2D eigenvalue weighted by Crippen LogP contribution is 2.20. The summed E-state index contributed by atoms with van der Waals surface area (Å²) in [4.78, 5) is 21.2. The number of rotatable bonds is 3. The maximum Gasteiger partial charge on any atom is 0.358 e. The van der Waals surface area contributed by atoms with Crippen LogP contribution in [0, 0.1) is 0 Å². The van der Waals surface area contributed by atoms with E-state index in [4.69, 9.17) is 14.7 Å². The standard InChI is InChI=1S/C11H7NO5/c13-10(14)7-3-1-6(2-4-7)9-5-8(11(15)16)12-17-9/h1-5H,(H,13,14)(H,15,16). The number of hydrogen-bond acceptors (Lipinski definition) is 4. The molecule has 17 heavy (non-hydrogen) atoms. The van der Waals surface area contributed by atoms with E-state index < -0.39 is 11.9 Å². The summed E-state index contributed by atoms with van der Waals surface area (Å²) in [5, 5.41) is 20.7. The van der Waals surface area contributed by atoms with Crippen LogP contribution in [0.15, 0.2) is 34.9 Å². The van der Waals surface area contributed by atoms with Crippen LogP contribution in [0.5, 0.6) is 0 Å². The van der Waals surface area contributed by atoms with E-state index in [-0.39, 0.29) is 17.0 Å². The van der Waals surface area contributed by atoms with Crippen molar-refractivity contribution in [2.24, 2.45) is 0 Å². The monoisotopic (exact) mass is 233 g/mol. The average molecular weight is 233 g/mol. The van der Waals surface area contributed by atoms with Crippen molar-refractivity contribution in [1.29, 1.82) is 0 Å². The Morgan fingerprint density at radius 1 is 1.06 bits per heavy atom. The van der Waals surface area contributed by atoms with Gasteiger partial charge in [0.25, 0.3) is 0 Å². The quantitative estimate of drug-likeness (QED) is 0.837. The summed E-state index contributed by atoms with van der Waals surface area (Å²) >= 11 is 0. The number of carboxylic acid groups (broad SMARTS) is 2. The molecule has 0 aliphatic heterocycles. The van der Waals surface area contributed by atoms with Crippen molar-refractivity contribution in [3.8, 4) is 11.3 Å². The lowest BCUT2D eigenvalue weighted by molar-refractivity contribution is 0.0679. The molecule has 2 aromatic rings. The Hall–Kier alpha value is -2.63. The largest absolute Gasteiger partial charge is 0.478 e. The molecular formula is C11H7NO5. The lowest BCUT2D eigenvalue weighted by Crippen LogP contribution is -1.95. The van der Waals surface area contributed by atoms with Crippen LogP contribution >= 0.6 is 0 Å². The number of hydrogen-bond donors (Lipinski definition) is 2. The first-order valence-corrected chi connectivity index (χ1v) is 4.61. The van der Waals surface area contributed by atoms with Gasteiger partial charge in [0.2, 0.25) is 0 Å². The Morgan fingerprint density at radius 2 is 1.71 bits per heavy atom. The minimum absolute atomic E-state index is 0.145. The topological polar surface area (TPSA) is 101 Å². The van der Waals surface area contributed by atoms with E-state index in [1.165, 1.54) is 30.3 Å². The summed E-state index contributed by atoms with van der Waals surface area (Å²) in [6, 6.07) is 7.13. The molecule has 0 aliphatic carbocycles. The fraction of sp³-hybridized carbons (Fsp3) is 0. The fourth-order valence-corrected chi connectivity index (χ4v) is 1.29. The Balaban J connectivity index is 2.33. The van der Waals surface area contributed by atoms with E-state index in [9.17, 15) is 9.59 Å². The van der Waals surface area contributed by atoms with Crippen LogP contribution in [0.25, 0.3) is 11.3 Å². The van der Waals surface area contributed by atoms with E-state index in [1.54, 1.807) is 0 Å². The predicted octanol–water partition coefficient (Wildman–Crippen LogP) is 1.74. The summed E-state index contributed by atoms with van der Waals surface area (Å²) in [6.45, 7) is 0. The second kappa shape index (κ2) is 4.09. The van der Waals surface area contributed by atoms with Crippen LogP contribution in [0.4, 0.5) is 0 Å². The van der Waals surface area contributed by atoms with Crippen molar-refractivity contribution in [3.63, 3.8) is 0 Å². The van der Waals surface area contributed by atoms with Crippen molar-refractivity contribution in [2.45, 2.75) is 0 Å². The first-order chi connectivity index (χ1) is 8.08. The van der Waals surface area contributed by atoms with Crippen LogP contribution in [0.1, 0.15) is 20.8 Å². The summed E-state index contributed by atoms with van der Waals surface area (Å²) in [5.41, 5.74) is 0.518. The molecule has 0 unspecified atom stereocenters. The minimum Gasteiger partial charge on any atom is -0.478 e. The van der Waals surface area contributed by atoms with Crippen molar-refractivity contribution in [2.75, 3.05) is 0 Å². The number of carboxylic acids is 2. The highest BCUT2D eigenvalue weighted by atomic mass is 16.5. The minimum atomic E-state index is -1.18. The third kappa shape index (κ3) is 2.15. The molecule has 0 amide bonds. The Morgan fingerprint density at radius 3 is 2.18 bits per heavy atom. The van der Waals surface area contributed by atoms with Gasteiger partial charge in [0.1, 0.15) is 0 Å². The normalized spacial score (nSPS) is 10.1. The van der Waals surface area contributed by atoms with Crippen LogP contribution in [-0.4, -0.2) is 27.3 Å². The first kappa shape index (κ1) is 10.9. The molecular weight excluding hydrogens is 226 g/mol.